The minimum absolute atomic E-state index is 0.105. The summed E-state index contributed by atoms with van der Waals surface area (Å²) in [4.78, 5) is 22.8. The molecule has 2 rings (SSSR count). The topological polar surface area (TPSA) is 61.8 Å². The van der Waals surface area contributed by atoms with Crippen molar-refractivity contribution in [1.82, 2.24) is 0 Å². The van der Waals surface area contributed by atoms with Crippen molar-refractivity contribution in [1.29, 1.82) is 0 Å². The van der Waals surface area contributed by atoms with Gasteiger partial charge in [0.25, 0.3) is 0 Å². The van der Waals surface area contributed by atoms with Crippen molar-refractivity contribution >= 4 is 12.1 Å². The van der Waals surface area contributed by atoms with Gasteiger partial charge >= 0.3 is 12.1 Å². The Labute approximate surface area is 100 Å². The number of carbonyl (C=O) groups is 2. The fourth-order valence-electron chi connectivity index (χ4n) is 2.23. The summed E-state index contributed by atoms with van der Waals surface area (Å²) in [5, 5.41) is 0. The number of ether oxygens (including phenoxy) is 3. The second-order valence-corrected chi connectivity index (χ2v) is 4.97. The molecule has 0 amide bonds. The summed E-state index contributed by atoms with van der Waals surface area (Å²) in [7, 11) is 0. The first-order valence-electron chi connectivity index (χ1n) is 6.10. The third-order valence-electron chi connectivity index (χ3n) is 3.51. The van der Waals surface area contributed by atoms with Crippen molar-refractivity contribution in [2.24, 2.45) is 11.8 Å². The van der Waals surface area contributed by atoms with Crippen LogP contribution in [0.5, 0.6) is 0 Å². The van der Waals surface area contributed by atoms with Crippen molar-refractivity contribution in [3.63, 3.8) is 0 Å². The Hall–Kier alpha value is -1.26. The van der Waals surface area contributed by atoms with E-state index in [9.17, 15) is 9.59 Å². The van der Waals surface area contributed by atoms with E-state index in [1.165, 1.54) is 0 Å². The van der Waals surface area contributed by atoms with Gasteiger partial charge in [-0.2, -0.15) is 0 Å². The van der Waals surface area contributed by atoms with Gasteiger partial charge in [-0.1, -0.05) is 13.8 Å². The zero-order valence-electron chi connectivity index (χ0n) is 10.2. The van der Waals surface area contributed by atoms with Gasteiger partial charge in [0.2, 0.25) is 0 Å². The van der Waals surface area contributed by atoms with E-state index in [1.807, 2.05) is 13.8 Å². The first-order valence-corrected chi connectivity index (χ1v) is 6.10. The molecule has 0 radical (unpaired) electrons. The molecule has 0 aromatic heterocycles. The van der Waals surface area contributed by atoms with E-state index in [1.54, 1.807) is 0 Å². The molecular formula is C12H18O5. The maximum absolute atomic E-state index is 11.6. The van der Waals surface area contributed by atoms with Gasteiger partial charge in [0, 0.05) is 6.42 Å². The molecule has 2 aliphatic heterocycles. The van der Waals surface area contributed by atoms with E-state index in [-0.39, 0.29) is 36.6 Å². The van der Waals surface area contributed by atoms with Crippen molar-refractivity contribution in [3.8, 4) is 0 Å². The predicted molar refractivity (Wildman–Crippen MR) is 58.3 cm³/mol. The third-order valence-corrected chi connectivity index (χ3v) is 3.51. The van der Waals surface area contributed by atoms with E-state index in [4.69, 9.17) is 14.2 Å². The highest BCUT2D eigenvalue weighted by Crippen LogP contribution is 2.27. The monoisotopic (exact) mass is 242 g/mol. The number of carbonyl (C=O) groups excluding carboxylic acids is 2. The summed E-state index contributed by atoms with van der Waals surface area (Å²) in [6.07, 6.45) is 1.08. The Morgan fingerprint density at radius 1 is 1.12 bits per heavy atom. The SMILES string of the molecule is CC1CCC(C)C2CC(COC1=O)OC(=O)O2. The van der Waals surface area contributed by atoms with Crippen LogP contribution in [0.2, 0.25) is 0 Å². The number of esters is 1. The van der Waals surface area contributed by atoms with E-state index >= 15 is 0 Å². The molecule has 2 aliphatic rings. The average Bonchev–Trinajstić information content (AvgIpc) is 2.30. The highest BCUT2D eigenvalue weighted by molar-refractivity contribution is 5.72. The smallest absolute Gasteiger partial charge is 0.462 e. The molecule has 4 unspecified atom stereocenters. The fourth-order valence-corrected chi connectivity index (χ4v) is 2.23. The van der Waals surface area contributed by atoms with Crippen LogP contribution in [-0.4, -0.2) is 30.9 Å². The molecular weight excluding hydrogens is 224 g/mol. The molecule has 96 valence electrons. The van der Waals surface area contributed by atoms with E-state index in [0.29, 0.717) is 6.42 Å². The molecule has 0 spiro atoms. The summed E-state index contributed by atoms with van der Waals surface area (Å²) in [5.41, 5.74) is 0. The van der Waals surface area contributed by atoms with Gasteiger partial charge < -0.3 is 14.2 Å². The molecule has 2 saturated heterocycles. The minimum Gasteiger partial charge on any atom is -0.462 e. The molecule has 2 bridgehead atoms. The standard InChI is InChI=1S/C12H18O5/c1-7-3-4-8(2)11(13)15-6-9-5-10(7)17-12(14)16-9/h7-10H,3-6H2,1-2H3. The molecule has 5 heteroatoms. The number of cyclic esters (lactones) is 1. The first kappa shape index (κ1) is 12.2. The molecule has 0 aromatic carbocycles. The fraction of sp³-hybridized carbons (Fsp3) is 0.833. The van der Waals surface area contributed by atoms with E-state index < -0.39 is 6.16 Å². The van der Waals surface area contributed by atoms with E-state index in [2.05, 4.69) is 0 Å². The largest absolute Gasteiger partial charge is 0.508 e. The maximum atomic E-state index is 11.6. The van der Waals surface area contributed by atoms with Crippen molar-refractivity contribution < 1.29 is 23.8 Å². The third kappa shape index (κ3) is 2.90. The highest BCUT2D eigenvalue weighted by Gasteiger charge is 2.35. The molecule has 0 saturated carbocycles. The lowest BCUT2D eigenvalue weighted by Crippen LogP contribution is -2.41. The van der Waals surface area contributed by atoms with Crippen LogP contribution in [0.25, 0.3) is 0 Å². The van der Waals surface area contributed by atoms with Crippen LogP contribution in [0.4, 0.5) is 4.79 Å². The van der Waals surface area contributed by atoms with Gasteiger partial charge in [-0.25, -0.2) is 4.79 Å². The maximum Gasteiger partial charge on any atom is 0.508 e. The number of hydrogen-bond acceptors (Lipinski definition) is 5. The summed E-state index contributed by atoms with van der Waals surface area (Å²) in [6.45, 7) is 4.04. The Morgan fingerprint density at radius 2 is 1.88 bits per heavy atom. The minimum atomic E-state index is -0.650. The average molecular weight is 242 g/mol. The van der Waals surface area contributed by atoms with Crippen LogP contribution < -0.4 is 0 Å². The second-order valence-electron chi connectivity index (χ2n) is 4.97. The molecule has 2 heterocycles. The van der Waals surface area contributed by atoms with Crippen molar-refractivity contribution in [2.45, 2.75) is 45.3 Å². The van der Waals surface area contributed by atoms with Gasteiger partial charge in [0.05, 0.1) is 5.92 Å². The first-order chi connectivity index (χ1) is 8.06. The molecule has 17 heavy (non-hydrogen) atoms. The summed E-state index contributed by atoms with van der Waals surface area (Å²) < 4.78 is 15.3. The lowest BCUT2D eigenvalue weighted by molar-refractivity contribution is -0.158. The second kappa shape index (κ2) is 4.94. The molecule has 0 N–H and O–H groups in total. The molecule has 5 nitrogen and oxygen atoms in total. The summed E-state index contributed by atoms with van der Waals surface area (Å²) in [6, 6.07) is 0. The molecule has 0 aliphatic carbocycles. The molecule has 2 fully saturated rings. The van der Waals surface area contributed by atoms with Crippen LogP contribution in [0.15, 0.2) is 0 Å². The predicted octanol–water partition coefficient (Wildman–Crippen LogP) is 1.89. The van der Waals surface area contributed by atoms with Crippen molar-refractivity contribution in [3.05, 3.63) is 0 Å². The van der Waals surface area contributed by atoms with Crippen LogP contribution >= 0.6 is 0 Å². The number of rotatable bonds is 0. The normalized spacial score (nSPS) is 38.7. The van der Waals surface area contributed by atoms with Crippen LogP contribution in [0.1, 0.15) is 33.1 Å². The van der Waals surface area contributed by atoms with Gasteiger partial charge in [-0.15, -0.1) is 0 Å². The Balaban J connectivity index is 2.08. The van der Waals surface area contributed by atoms with Gasteiger partial charge in [-0.3, -0.25) is 4.79 Å². The van der Waals surface area contributed by atoms with Crippen LogP contribution in [0.3, 0.4) is 0 Å². The Bertz CT molecular complexity index is 314. The lowest BCUT2D eigenvalue weighted by atomic mass is 9.90. The quantitative estimate of drug-likeness (QED) is 0.607. The summed E-state index contributed by atoms with van der Waals surface area (Å²) >= 11 is 0. The molecule has 4 atom stereocenters. The Morgan fingerprint density at radius 3 is 2.65 bits per heavy atom. The lowest BCUT2D eigenvalue weighted by Gasteiger charge is -2.33. The zero-order chi connectivity index (χ0) is 12.4. The van der Waals surface area contributed by atoms with Crippen molar-refractivity contribution in [2.75, 3.05) is 6.61 Å². The molecule has 0 aromatic rings. The number of fused-ring (bicyclic) bond motifs is 2. The highest BCUT2D eigenvalue weighted by atomic mass is 16.7. The zero-order valence-corrected chi connectivity index (χ0v) is 10.2. The Kier molecular flexibility index (Phi) is 3.54. The summed E-state index contributed by atoms with van der Waals surface area (Å²) in [5.74, 6) is -0.0659. The van der Waals surface area contributed by atoms with Gasteiger partial charge in [0.15, 0.2) is 0 Å². The van der Waals surface area contributed by atoms with Crippen LogP contribution in [-0.2, 0) is 19.0 Å². The number of hydrogen-bond donors (Lipinski definition) is 0. The van der Waals surface area contributed by atoms with E-state index in [0.717, 1.165) is 12.8 Å². The van der Waals surface area contributed by atoms with Gasteiger partial charge in [-0.05, 0) is 18.8 Å². The van der Waals surface area contributed by atoms with Crippen LogP contribution in [0, 0.1) is 11.8 Å². The van der Waals surface area contributed by atoms with Gasteiger partial charge in [0.1, 0.15) is 18.8 Å².